The Balaban J connectivity index is 1.80. The molecule has 8 heteroatoms. The molecule has 0 radical (unpaired) electrons. The molecule has 0 fully saturated rings. The number of nitrogens with zero attached hydrogens (tertiary/aromatic N) is 6. The van der Waals surface area contributed by atoms with E-state index in [2.05, 4.69) is 25.7 Å². The second kappa shape index (κ2) is 6.49. The molecule has 120 valence electrons. The summed E-state index contributed by atoms with van der Waals surface area (Å²) >= 11 is 1.48. The molecule has 23 heavy (non-hydrogen) atoms. The highest BCUT2D eigenvalue weighted by molar-refractivity contribution is 7.99. The molecule has 1 unspecified atom stereocenters. The van der Waals surface area contributed by atoms with E-state index in [1.807, 2.05) is 52.0 Å². The van der Waals surface area contributed by atoms with Crippen molar-refractivity contribution in [2.24, 2.45) is 0 Å². The number of tetrazole rings is 1. The third kappa shape index (κ3) is 3.42. The van der Waals surface area contributed by atoms with E-state index in [1.54, 1.807) is 4.68 Å². The van der Waals surface area contributed by atoms with Crippen LogP contribution in [0.2, 0.25) is 0 Å². The molecule has 3 aromatic rings. The van der Waals surface area contributed by atoms with E-state index in [0.29, 0.717) is 16.9 Å². The molecular formula is C15H18N6OS. The van der Waals surface area contributed by atoms with Crippen molar-refractivity contribution in [3.05, 3.63) is 41.5 Å². The molecule has 1 atom stereocenters. The van der Waals surface area contributed by atoms with E-state index in [9.17, 15) is 0 Å². The lowest BCUT2D eigenvalue weighted by atomic mass is 10.2. The summed E-state index contributed by atoms with van der Waals surface area (Å²) in [4.78, 5) is 4.43. The molecular weight excluding hydrogens is 312 g/mol. The Bertz CT molecular complexity index is 779. The van der Waals surface area contributed by atoms with Gasteiger partial charge in [0.1, 0.15) is 0 Å². The predicted molar refractivity (Wildman–Crippen MR) is 86.6 cm³/mol. The number of benzene rings is 1. The highest BCUT2D eigenvalue weighted by atomic mass is 32.2. The molecule has 0 aliphatic rings. The molecule has 2 aromatic heterocycles. The second-order valence-electron chi connectivity index (χ2n) is 5.61. The number of aryl methyl sites for hydroxylation is 1. The highest BCUT2D eigenvalue weighted by Gasteiger charge is 2.20. The fraction of sp³-hybridized carbons (Fsp3) is 0.400. The number of hydrogen-bond donors (Lipinski definition) is 0. The van der Waals surface area contributed by atoms with Crippen molar-refractivity contribution in [3.63, 3.8) is 0 Å². The number of aromatic nitrogens is 6. The van der Waals surface area contributed by atoms with E-state index >= 15 is 0 Å². The van der Waals surface area contributed by atoms with Crippen LogP contribution in [-0.2, 0) is 0 Å². The molecule has 0 spiro atoms. The molecule has 0 aliphatic carbocycles. The SMILES string of the molecule is Cc1ccc(-n2nnnc2SC(C)c2nc(C(C)C)no2)cc1. The summed E-state index contributed by atoms with van der Waals surface area (Å²) in [5, 5.41) is 16.6. The van der Waals surface area contributed by atoms with E-state index in [1.165, 1.54) is 17.3 Å². The van der Waals surface area contributed by atoms with Crippen molar-refractivity contribution in [2.75, 3.05) is 0 Å². The van der Waals surface area contributed by atoms with Crippen LogP contribution in [0, 0.1) is 6.92 Å². The van der Waals surface area contributed by atoms with Crippen molar-refractivity contribution >= 4 is 11.8 Å². The molecule has 0 aliphatic heterocycles. The van der Waals surface area contributed by atoms with Crippen LogP contribution in [0.1, 0.15) is 49.2 Å². The van der Waals surface area contributed by atoms with E-state index in [0.717, 1.165) is 5.69 Å². The van der Waals surface area contributed by atoms with Crippen molar-refractivity contribution in [2.45, 2.75) is 44.0 Å². The van der Waals surface area contributed by atoms with E-state index in [-0.39, 0.29) is 11.2 Å². The summed E-state index contributed by atoms with van der Waals surface area (Å²) < 4.78 is 7.05. The lowest BCUT2D eigenvalue weighted by Crippen LogP contribution is -2.00. The minimum absolute atomic E-state index is 0.0369. The lowest BCUT2D eigenvalue weighted by Gasteiger charge is -2.07. The van der Waals surface area contributed by atoms with Gasteiger partial charge >= 0.3 is 0 Å². The Morgan fingerprint density at radius 1 is 1.13 bits per heavy atom. The molecule has 1 aromatic carbocycles. The Hall–Kier alpha value is -2.22. The van der Waals surface area contributed by atoms with Crippen LogP contribution < -0.4 is 0 Å². The Morgan fingerprint density at radius 2 is 1.87 bits per heavy atom. The van der Waals surface area contributed by atoms with Crippen molar-refractivity contribution in [1.82, 2.24) is 30.3 Å². The van der Waals surface area contributed by atoms with E-state index < -0.39 is 0 Å². The minimum atomic E-state index is -0.0369. The van der Waals surface area contributed by atoms with Gasteiger partial charge < -0.3 is 4.52 Å². The molecule has 2 heterocycles. The fourth-order valence-corrected chi connectivity index (χ4v) is 2.79. The molecule has 3 rings (SSSR count). The number of rotatable bonds is 5. The van der Waals surface area contributed by atoms with Gasteiger partial charge in [0.15, 0.2) is 5.82 Å². The van der Waals surface area contributed by atoms with Crippen LogP contribution in [0.25, 0.3) is 5.69 Å². The number of hydrogen-bond acceptors (Lipinski definition) is 7. The van der Waals surface area contributed by atoms with Crippen LogP contribution in [0.3, 0.4) is 0 Å². The van der Waals surface area contributed by atoms with Gasteiger partial charge in [-0.3, -0.25) is 0 Å². The third-order valence-corrected chi connectivity index (χ3v) is 4.34. The Labute approximate surface area is 138 Å². The average Bonchev–Trinajstić information content (AvgIpc) is 3.17. The molecule has 7 nitrogen and oxygen atoms in total. The van der Waals surface area contributed by atoms with Crippen LogP contribution in [0.5, 0.6) is 0 Å². The van der Waals surface area contributed by atoms with Crippen molar-refractivity contribution in [3.8, 4) is 5.69 Å². The predicted octanol–water partition coefficient (Wildman–Crippen LogP) is 3.33. The average molecular weight is 330 g/mol. The van der Waals surface area contributed by atoms with Gasteiger partial charge in [0.2, 0.25) is 11.0 Å². The van der Waals surface area contributed by atoms with Crippen LogP contribution in [0.4, 0.5) is 0 Å². The zero-order valence-corrected chi connectivity index (χ0v) is 14.3. The van der Waals surface area contributed by atoms with Gasteiger partial charge in [-0.25, -0.2) is 0 Å². The highest BCUT2D eigenvalue weighted by Crippen LogP contribution is 2.33. The standard InChI is InChI=1S/C15H18N6OS/c1-9(2)13-16-14(22-18-13)11(4)23-15-17-19-20-21(15)12-7-5-10(3)6-8-12/h5-9,11H,1-4H3. The van der Waals surface area contributed by atoms with Gasteiger partial charge in [-0.05, 0) is 36.4 Å². The molecule has 0 amide bonds. The minimum Gasteiger partial charge on any atom is -0.338 e. The zero-order valence-electron chi connectivity index (χ0n) is 13.5. The topological polar surface area (TPSA) is 82.5 Å². The first kappa shape index (κ1) is 15.7. The van der Waals surface area contributed by atoms with Crippen LogP contribution in [0.15, 0.2) is 33.9 Å². The summed E-state index contributed by atoms with van der Waals surface area (Å²) in [5.74, 6) is 1.53. The maximum atomic E-state index is 5.34. The maximum absolute atomic E-state index is 5.34. The molecule has 0 saturated carbocycles. The molecule has 0 saturated heterocycles. The molecule has 0 bridgehead atoms. The van der Waals surface area contributed by atoms with Gasteiger partial charge in [0.25, 0.3) is 0 Å². The normalized spacial score (nSPS) is 12.7. The zero-order chi connectivity index (χ0) is 16.4. The van der Waals surface area contributed by atoms with Gasteiger partial charge in [-0.1, -0.05) is 48.5 Å². The summed E-state index contributed by atoms with van der Waals surface area (Å²) in [6.07, 6.45) is 0. The van der Waals surface area contributed by atoms with Crippen LogP contribution in [-0.4, -0.2) is 30.3 Å². The van der Waals surface area contributed by atoms with Gasteiger partial charge in [-0.2, -0.15) is 9.67 Å². The molecule has 0 N–H and O–H groups in total. The first-order chi connectivity index (χ1) is 11.0. The first-order valence-electron chi connectivity index (χ1n) is 7.40. The third-order valence-electron chi connectivity index (χ3n) is 3.32. The lowest BCUT2D eigenvalue weighted by molar-refractivity contribution is 0.373. The van der Waals surface area contributed by atoms with Crippen LogP contribution >= 0.6 is 11.8 Å². The maximum Gasteiger partial charge on any atom is 0.239 e. The summed E-state index contributed by atoms with van der Waals surface area (Å²) in [6.45, 7) is 8.11. The van der Waals surface area contributed by atoms with E-state index in [4.69, 9.17) is 4.52 Å². The second-order valence-corrected chi connectivity index (χ2v) is 6.92. The first-order valence-corrected chi connectivity index (χ1v) is 8.28. The monoisotopic (exact) mass is 330 g/mol. The van der Waals surface area contributed by atoms with Crippen molar-refractivity contribution < 1.29 is 4.52 Å². The number of thioether (sulfide) groups is 1. The summed E-state index contributed by atoms with van der Waals surface area (Å²) in [6, 6.07) is 8.04. The van der Waals surface area contributed by atoms with Gasteiger partial charge in [0.05, 0.1) is 10.9 Å². The van der Waals surface area contributed by atoms with Gasteiger partial charge in [0, 0.05) is 5.92 Å². The summed E-state index contributed by atoms with van der Waals surface area (Å²) in [5.41, 5.74) is 2.11. The van der Waals surface area contributed by atoms with Gasteiger partial charge in [-0.15, -0.1) is 5.10 Å². The fourth-order valence-electron chi connectivity index (χ4n) is 1.96. The Morgan fingerprint density at radius 3 is 2.52 bits per heavy atom. The largest absolute Gasteiger partial charge is 0.338 e. The summed E-state index contributed by atoms with van der Waals surface area (Å²) in [7, 11) is 0. The smallest absolute Gasteiger partial charge is 0.239 e. The quantitative estimate of drug-likeness (QED) is 0.663. The Kier molecular flexibility index (Phi) is 4.42. The van der Waals surface area contributed by atoms with Crippen molar-refractivity contribution in [1.29, 1.82) is 0 Å².